The van der Waals surface area contributed by atoms with Crippen molar-refractivity contribution in [1.29, 1.82) is 0 Å². The van der Waals surface area contributed by atoms with E-state index in [-0.39, 0.29) is 5.02 Å². The third-order valence-corrected chi connectivity index (χ3v) is 3.08. The molecule has 8 heteroatoms. The highest BCUT2D eigenvalue weighted by molar-refractivity contribution is 7.80. The summed E-state index contributed by atoms with van der Waals surface area (Å²) in [5.41, 5.74) is 3.22. The van der Waals surface area contributed by atoms with E-state index in [2.05, 4.69) is 15.8 Å². The van der Waals surface area contributed by atoms with Gasteiger partial charge in [-0.05, 0) is 18.3 Å². The molecule has 0 heterocycles. The number of methoxy groups -OCH3 is 2. The third kappa shape index (κ3) is 3.86. The molecule has 0 spiro atoms. The highest BCUT2D eigenvalue weighted by Crippen LogP contribution is 2.41. The fourth-order valence-electron chi connectivity index (χ4n) is 1.31. The maximum atomic E-state index is 6.13. The fraction of sp³-hybridized carbons (Fsp3) is 0.273. The number of hydrazone groups is 1. The van der Waals surface area contributed by atoms with Crippen molar-refractivity contribution in [2.24, 2.45) is 5.10 Å². The summed E-state index contributed by atoms with van der Waals surface area (Å²) in [6.07, 6.45) is 1.50. The Bertz CT molecular complexity index is 509. The summed E-state index contributed by atoms with van der Waals surface area (Å²) in [5.74, 6) is 0.778. The van der Waals surface area contributed by atoms with Crippen molar-refractivity contribution < 1.29 is 9.47 Å². The molecule has 0 aromatic heterocycles. The van der Waals surface area contributed by atoms with E-state index in [4.69, 9.17) is 44.9 Å². The first-order chi connectivity index (χ1) is 9.04. The zero-order valence-electron chi connectivity index (χ0n) is 10.6. The molecule has 5 nitrogen and oxygen atoms in total. The highest BCUT2D eigenvalue weighted by Gasteiger charge is 2.16. The summed E-state index contributed by atoms with van der Waals surface area (Å²) < 4.78 is 10.3. The number of rotatable bonds is 4. The SMILES string of the molecule is CNC(=S)N/N=C/c1cc(Cl)c(OC)c(Cl)c1OC. The van der Waals surface area contributed by atoms with Crippen LogP contribution in [-0.4, -0.2) is 32.6 Å². The van der Waals surface area contributed by atoms with Crippen LogP contribution in [0.5, 0.6) is 11.5 Å². The van der Waals surface area contributed by atoms with Crippen molar-refractivity contribution in [2.45, 2.75) is 0 Å². The number of ether oxygens (including phenoxy) is 2. The molecule has 0 aliphatic carbocycles. The summed E-state index contributed by atoms with van der Waals surface area (Å²) in [5, 5.41) is 7.71. The maximum Gasteiger partial charge on any atom is 0.186 e. The molecule has 1 aromatic carbocycles. The Morgan fingerprint density at radius 3 is 2.47 bits per heavy atom. The first kappa shape index (κ1) is 15.8. The molecule has 0 aliphatic heterocycles. The Morgan fingerprint density at radius 2 is 1.95 bits per heavy atom. The van der Waals surface area contributed by atoms with E-state index < -0.39 is 0 Å². The molecule has 1 aromatic rings. The van der Waals surface area contributed by atoms with Crippen LogP contribution in [0.2, 0.25) is 10.0 Å². The molecule has 1 rings (SSSR count). The van der Waals surface area contributed by atoms with Gasteiger partial charge in [-0.2, -0.15) is 5.10 Å². The van der Waals surface area contributed by atoms with Crippen LogP contribution in [0.4, 0.5) is 0 Å². The van der Waals surface area contributed by atoms with Gasteiger partial charge in [0.05, 0.1) is 25.5 Å². The van der Waals surface area contributed by atoms with Gasteiger partial charge in [-0.1, -0.05) is 23.2 Å². The van der Waals surface area contributed by atoms with Gasteiger partial charge in [0, 0.05) is 12.6 Å². The largest absolute Gasteiger partial charge is 0.494 e. The van der Waals surface area contributed by atoms with Crippen LogP contribution in [0.15, 0.2) is 11.2 Å². The number of hydrogen-bond acceptors (Lipinski definition) is 4. The Morgan fingerprint density at radius 1 is 1.32 bits per heavy atom. The number of nitrogens with zero attached hydrogens (tertiary/aromatic N) is 1. The fourth-order valence-corrected chi connectivity index (χ4v) is 2.06. The van der Waals surface area contributed by atoms with E-state index in [0.29, 0.717) is 27.2 Å². The highest BCUT2D eigenvalue weighted by atomic mass is 35.5. The van der Waals surface area contributed by atoms with Crippen molar-refractivity contribution in [1.82, 2.24) is 10.7 Å². The second kappa shape index (κ2) is 7.37. The predicted molar refractivity (Wildman–Crippen MR) is 82.0 cm³/mol. The lowest BCUT2D eigenvalue weighted by Gasteiger charge is -2.12. The lowest BCUT2D eigenvalue weighted by atomic mass is 10.2. The standard InChI is InChI=1S/C11H13Cl2N3O2S/c1-14-11(19)16-15-5-6-4-7(12)10(18-3)8(13)9(6)17-2/h4-5H,1-3H3,(H2,14,16,19)/b15-5+. The lowest BCUT2D eigenvalue weighted by molar-refractivity contribution is 0.394. The van der Waals surface area contributed by atoms with Crippen molar-refractivity contribution in [3.8, 4) is 11.5 Å². The minimum absolute atomic E-state index is 0.287. The first-order valence-electron chi connectivity index (χ1n) is 5.15. The van der Waals surface area contributed by atoms with E-state index in [1.807, 2.05) is 0 Å². The molecule has 19 heavy (non-hydrogen) atoms. The van der Waals surface area contributed by atoms with Gasteiger partial charge in [-0.25, -0.2) is 0 Å². The molecule has 0 fully saturated rings. The zero-order valence-corrected chi connectivity index (χ0v) is 12.9. The maximum absolute atomic E-state index is 6.13. The molecular formula is C11H13Cl2N3O2S. The van der Waals surface area contributed by atoms with Gasteiger partial charge in [0.1, 0.15) is 10.8 Å². The van der Waals surface area contributed by atoms with Crippen LogP contribution >= 0.6 is 35.4 Å². The second-order valence-corrected chi connectivity index (χ2v) is 4.47. The Hall–Kier alpha value is -1.24. The van der Waals surface area contributed by atoms with Gasteiger partial charge in [-0.3, -0.25) is 5.43 Å². The minimum Gasteiger partial charge on any atom is -0.494 e. The number of nitrogens with one attached hydrogen (secondary N) is 2. The molecule has 0 atom stereocenters. The summed E-state index contributed by atoms with van der Waals surface area (Å²) in [6, 6.07) is 1.64. The van der Waals surface area contributed by atoms with Crippen LogP contribution in [-0.2, 0) is 0 Å². The number of thiocarbonyl (C=S) groups is 1. The van der Waals surface area contributed by atoms with Gasteiger partial charge in [0.15, 0.2) is 10.9 Å². The van der Waals surface area contributed by atoms with Gasteiger partial charge < -0.3 is 14.8 Å². The van der Waals surface area contributed by atoms with Crippen molar-refractivity contribution in [3.05, 3.63) is 21.7 Å². The van der Waals surface area contributed by atoms with Crippen molar-refractivity contribution >= 4 is 46.7 Å². The molecule has 2 N–H and O–H groups in total. The van der Waals surface area contributed by atoms with Gasteiger partial charge in [0.25, 0.3) is 0 Å². The summed E-state index contributed by atoms with van der Waals surface area (Å²) in [4.78, 5) is 0. The summed E-state index contributed by atoms with van der Waals surface area (Å²) >= 11 is 17.1. The van der Waals surface area contributed by atoms with E-state index in [1.54, 1.807) is 13.1 Å². The Balaban J connectivity index is 3.10. The summed E-state index contributed by atoms with van der Waals surface area (Å²) in [7, 11) is 4.66. The molecule has 0 aliphatic rings. The van der Waals surface area contributed by atoms with Crippen molar-refractivity contribution in [3.63, 3.8) is 0 Å². The number of halogens is 2. The topological polar surface area (TPSA) is 54.9 Å². The second-order valence-electron chi connectivity index (χ2n) is 3.28. The molecular weight excluding hydrogens is 309 g/mol. The predicted octanol–water partition coefficient (Wildman–Crippen LogP) is 2.44. The van der Waals surface area contributed by atoms with Crippen LogP contribution in [0, 0.1) is 0 Å². The van der Waals surface area contributed by atoms with Crippen LogP contribution in [0.25, 0.3) is 0 Å². The van der Waals surface area contributed by atoms with Crippen LogP contribution < -0.4 is 20.2 Å². The molecule has 0 saturated carbocycles. The van der Waals surface area contributed by atoms with E-state index in [9.17, 15) is 0 Å². The normalized spacial score (nSPS) is 10.4. The Kier molecular flexibility index (Phi) is 6.14. The van der Waals surface area contributed by atoms with Crippen LogP contribution in [0.1, 0.15) is 5.56 Å². The lowest BCUT2D eigenvalue weighted by Crippen LogP contribution is -2.28. The first-order valence-corrected chi connectivity index (χ1v) is 6.32. The molecule has 0 amide bonds. The van der Waals surface area contributed by atoms with E-state index >= 15 is 0 Å². The molecule has 0 radical (unpaired) electrons. The summed E-state index contributed by atoms with van der Waals surface area (Å²) in [6.45, 7) is 0. The monoisotopic (exact) mass is 321 g/mol. The quantitative estimate of drug-likeness (QED) is 0.507. The molecule has 104 valence electrons. The molecule has 0 saturated heterocycles. The zero-order chi connectivity index (χ0) is 14.4. The molecule has 0 unspecified atom stereocenters. The van der Waals surface area contributed by atoms with Gasteiger partial charge in [-0.15, -0.1) is 0 Å². The number of hydrogen-bond donors (Lipinski definition) is 2. The Labute approximate surface area is 126 Å². The van der Waals surface area contributed by atoms with Crippen molar-refractivity contribution in [2.75, 3.05) is 21.3 Å². The van der Waals surface area contributed by atoms with Crippen LogP contribution in [0.3, 0.4) is 0 Å². The average molecular weight is 322 g/mol. The third-order valence-electron chi connectivity index (χ3n) is 2.17. The molecule has 0 bridgehead atoms. The smallest absolute Gasteiger partial charge is 0.186 e. The number of benzene rings is 1. The van der Waals surface area contributed by atoms with Gasteiger partial charge in [0.2, 0.25) is 0 Å². The van der Waals surface area contributed by atoms with E-state index in [1.165, 1.54) is 20.4 Å². The average Bonchev–Trinajstić information content (AvgIpc) is 2.39. The van der Waals surface area contributed by atoms with E-state index in [0.717, 1.165) is 0 Å². The minimum atomic E-state index is 0.287. The van der Waals surface area contributed by atoms with Gasteiger partial charge >= 0.3 is 0 Å².